The summed E-state index contributed by atoms with van der Waals surface area (Å²) in [4.78, 5) is 12.1. The number of carbonyl (C=O) groups excluding carboxylic acids is 1. The molecule has 2 aromatic rings. The zero-order valence-corrected chi connectivity index (χ0v) is 12.3. The van der Waals surface area contributed by atoms with Gasteiger partial charge in [0.25, 0.3) is 5.91 Å². The maximum absolute atomic E-state index is 12.1. The molecule has 5 heteroatoms. The molecule has 1 aliphatic heterocycles. The number of hydrogen-bond donors (Lipinski definition) is 1. The standard InChI is InChI=1S/C16H20N4O/c1-12-6-8-13(9-7-12)16(21)17-11-15-19-18-14-5-3-2-4-10-20(14)15/h6-9H,2-5,10-11H2,1H3,(H,17,21). The topological polar surface area (TPSA) is 59.8 Å². The largest absolute Gasteiger partial charge is 0.345 e. The summed E-state index contributed by atoms with van der Waals surface area (Å²) in [6.45, 7) is 3.39. The number of aromatic nitrogens is 3. The van der Waals surface area contributed by atoms with Crippen LogP contribution in [0.5, 0.6) is 0 Å². The second kappa shape index (κ2) is 6.08. The lowest BCUT2D eigenvalue weighted by molar-refractivity contribution is 0.0949. The summed E-state index contributed by atoms with van der Waals surface area (Å²) in [6.07, 6.45) is 4.55. The van der Waals surface area contributed by atoms with E-state index in [0.717, 1.165) is 36.6 Å². The van der Waals surface area contributed by atoms with Crippen molar-refractivity contribution in [3.05, 3.63) is 47.0 Å². The third kappa shape index (κ3) is 3.12. The van der Waals surface area contributed by atoms with Crippen molar-refractivity contribution in [2.24, 2.45) is 0 Å². The molecule has 0 atom stereocenters. The number of amides is 1. The van der Waals surface area contributed by atoms with E-state index in [1.807, 2.05) is 31.2 Å². The summed E-state index contributed by atoms with van der Waals surface area (Å²) in [7, 11) is 0. The summed E-state index contributed by atoms with van der Waals surface area (Å²) in [5.74, 6) is 1.83. The number of carbonyl (C=O) groups is 1. The van der Waals surface area contributed by atoms with Gasteiger partial charge in [0.2, 0.25) is 0 Å². The van der Waals surface area contributed by atoms with Crippen molar-refractivity contribution in [1.29, 1.82) is 0 Å². The van der Waals surface area contributed by atoms with Gasteiger partial charge in [-0.15, -0.1) is 10.2 Å². The molecule has 1 aliphatic rings. The van der Waals surface area contributed by atoms with Crippen LogP contribution in [0.25, 0.3) is 0 Å². The van der Waals surface area contributed by atoms with E-state index in [0.29, 0.717) is 12.1 Å². The summed E-state index contributed by atoms with van der Waals surface area (Å²) < 4.78 is 2.16. The molecule has 1 N–H and O–H groups in total. The molecule has 0 spiro atoms. The van der Waals surface area contributed by atoms with Crippen molar-refractivity contribution in [1.82, 2.24) is 20.1 Å². The van der Waals surface area contributed by atoms with Crippen LogP contribution in [0.1, 0.15) is 46.8 Å². The van der Waals surface area contributed by atoms with Crippen LogP contribution in [0.2, 0.25) is 0 Å². The monoisotopic (exact) mass is 284 g/mol. The van der Waals surface area contributed by atoms with Gasteiger partial charge in [0, 0.05) is 18.5 Å². The summed E-state index contributed by atoms with van der Waals surface area (Å²) >= 11 is 0. The van der Waals surface area contributed by atoms with Crippen LogP contribution in [-0.2, 0) is 19.5 Å². The van der Waals surface area contributed by atoms with Crippen molar-refractivity contribution in [3.63, 3.8) is 0 Å². The molecule has 3 rings (SSSR count). The molecule has 0 saturated carbocycles. The molecule has 2 heterocycles. The van der Waals surface area contributed by atoms with Gasteiger partial charge >= 0.3 is 0 Å². The minimum absolute atomic E-state index is 0.0685. The fraction of sp³-hybridized carbons (Fsp3) is 0.438. The Labute approximate surface area is 124 Å². The molecule has 0 aliphatic carbocycles. The smallest absolute Gasteiger partial charge is 0.251 e. The Balaban J connectivity index is 1.66. The predicted molar refractivity (Wildman–Crippen MR) is 79.9 cm³/mol. The Morgan fingerprint density at radius 1 is 1.19 bits per heavy atom. The van der Waals surface area contributed by atoms with Crippen molar-refractivity contribution in [3.8, 4) is 0 Å². The summed E-state index contributed by atoms with van der Waals surface area (Å²) in [6, 6.07) is 7.57. The van der Waals surface area contributed by atoms with Gasteiger partial charge < -0.3 is 9.88 Å². The van der Waals surface area contributed by atoms with E-state index in [2.05, 4.69) is 20.1 Å². The number of benzene rings is 1. The van der Waals surface area contributed by atoms with Crippen LogP contribution in [0, 0.1) is 6.92 Å². The average Bonchev–Trinajstić information content (AvgIpc) is 2.72. The van der Waals surface area contributed by atoms with Crippen molar-refractivity contribution in [2.45, 2.75) is 45.7 Å². The third-order valence-electron chi connectivity index (χ3n) is 3.91. The lowest BCUT2D eigenvalue weighted by Crippen LogP contribution is -2.25. The molecule has 0 bridgehead atoms. The van der Waals surface area contributed by atoms with Crippen LogP contribution >= 0.6 is 0 Å². The Hall–Kier alpha value is -2.17. The lowest BCUT2D eigenvalue weighted by atomic mass is 10.1. The van der Waals surface area contributed by atoms with E-state index in [4.69, 9.17) is 0 Å². The summed E-state index contributed by atoms with van der Waals surface area (Å²) in [5.41, 5.74) is 1.82. The Bertz CT molecular complexity index is 630. The van der Waals surface area contributed by atoms with Gasteiger partial charge in [0.05, 0.1) is 6.54 Å². The highest BCUT2D eigenvalue weighted by Gasteiger charge is 2.15. The van der Waals surface area contributed by atoms with E-state index in [1.54, 1.807) is 0 Å². The van der Waals surface area contributed by atoms with Gasteiger partial charge in [0.1, 0.15) is 5.82 Å². The highest BCUT2D eigenvalue weighted by molar-refractivity contribution is 5.94. The quantitative estimate of drug-likeness (QED) is 0.940. The Kier molecular flexibility index (Phi) is 3.99. The molecule has 5 nitrogen and oxygen atoms in total. The Morgan fingerprint density at radius 3 is 2.81 bits per heavy atom. The number of aryl methyl sites for hydroxylation is 2. The number of hydrogen-bond acceptors (Lipinski definition) is 3. The minimum atomic E-state index is -0.0685. The Morgan fingerprint density at radius 2 is 2.00 bits per heavy atom. The fourth-order valence-corrected chi connectivity index (χ4v) is 2.64. The zero-order chi connectivity index (χ0) is 14.7. The molecule has 0 saturated heterocycles. The highest BCUT2D eigenvalue weighted by Crippen LogP contribution is 2.14. The number of rotatable bonds is 3. The lowest BCUT2D eigenvalue weighted by Gasteiger charge is -2.08. The number of nitrogens with zero attached hydrogens (tertiary/aromatic N) is 3. The first-order valence-electron chi connectivity index (χ1n) is 7.50. The normalized spacial score (nSPS) is 14.3. The van der Waals surface area contributed by atoms with Crippen molar-refractivity contribution in [2.75, 3.05) is 0 Å². The molecule has 21 heavy (non-hydrogen) atoms. The molecular formula is C16H20N4O. The van der Waals surface area contributed by atoms with Crippen LogP contribution < -0.4 is 5.32 Å². The molecule has 0 unspecified atom stereocenters. The van der Waals surface area contributed by atoms with Crippen LogP contribution in [0.3, 0.4) is 0 Å². The first-order chi connectivity index (χ1) is 10.2. The van der Waals surface area contributed by atoms with Gasteiger partial charge in [-0.25, -0.2) is 0 Å². The van der Waals surface area contributed by atoms with E-state index in [-0.39, 0.29) is 5.91 Å². The first kappa shape index (κ1) is 13.8. The number of nitrogens with one attached hydrogen (secondary N) is 1. The van der Waals surface area contributed by atoms with Gasteiger partial charge in [0.15, 0.2) is 5.82 Å². The van der Waals surface area contributed by atoms with E-state index >= 15 is 0 Å². The van der Waals surface area contributed by atoms with E-state index < -0.39 is 0 Å². The van der Waals surface area contributed by atoms with Gasteiger partial charge in [-0.1, -0.05) is 24.1 Å². The summed E-state index contributed by atoms with van der Waals surface area (Å²) in [5, 5.41) is 11.4. The van der Waals surface area contributed by atoms with E-state index in [1.165, 1.54) is 12.8 Å². The molecule has 0 fully saturated rings. The SMILES string of the molecule is Cc1ccc(C(=O)NCc2nnc3n2CCCCC3)cc1. The van der Waals surface area contributed by atoms with Crippen LogP contribution in [0.4, 0.5) is 0 Å². The van der Waals surface area contributed by atoms with Crippen molar-refractivity contribution < 1.29 is 4.79 Å². The molecule has 110 valence electrons. The third-order valence-corrected chi connectivity index (χ3v) is 3.91. The molecular weight excluding hydrogens is 264 g/mol. The highest BCUT2D eigenvalue weighted by atomic mass is 16.1. The first-order valence-corrected chi connectivity index (χ1v) is 7.50. The number of fused-ring (bicyclic) bond motifs is 1. The maximum atomic E-state index is 12.1. The molecule has 1 amide bonds. The fourth-order valence-electron chi connectivity index (χ4n) is 2.64. The second-order valence-electron chi connectivity index (χ2n) is 5.54. The second-order valence-corrected chi connectivity index (χ2v) is 5.54. The predicted octanol–water partition coefficient (Wildman–Crippen LogP) is 2.24. The van der Waals surface area contributed by atoms with Gasteiger partial charge in [-0.05, 0) is 31.9 Å². The van der Waals surface area contributed by atoms with E-state index in [9.17, 15) is 4.79 Å². The molecule has 0 radical (unpaired) electrons. The molecule has 1 aromatic carbocycles. The zero-order valence-electron chi connectivity index (χ0n) is 12.3. The van der Waals surface area contributed by atoms with Gasteiger partial charge in [-0.3, -0.25) is 4.79 Å². The molecule has 1 aromatic heterocycles. The average molecular weight is 284 g/mol. The van der Waals surface area contributed by atoms with Gasteiger partial charge in [-0.2, -0.15) is 0 Å². The minimum Gasteiger partial charge on any atom is -0.345 e. The van der Waals surface area contributed by atoms with Crippen LogP contribution in [-0.4, -0.2) is 20.7 Å². The maximum Gasteiger partial charge on any atom is 0.251 e. The van der Waals surface area contributed by atoms with Crippen molar-refractivity contribution >= 4 is 5.91 Å². The van der Waals surface area contributed by atoms with Crippen LogP contribution in [0.15, 0.2) is 24.3 Å².